The first-order valence-corrected chi connectivity index (χ1v) is 5.62. The van der Waals surface area contributed by atoms with Crippen LogP contribution in [0.2, 0.25) is 0 Å². The summed E-state index contributed by atoms with van der Waals surface area (Å²) in [6, 6.07) is 3.50. The maximum Gasteiger partial charge on any atom is 0.271 e. The van der Waals surface area contributed by atoms with Crippen LogP contribution >= 0.6 is 15.9 Å². The fourth-order valence-corrected chi connectivity index (χ4v) is 1.47. The van der Waals surface area contributed by atoms with Gasteiger partial charge >= 0.3 is 0 Å². The number of nitrogens with one attached hydrogen (secondary N) is 1. The third kappa shape index (κ3) is 4.26. The van der Waals surface area contributed by atoms with Crippen LogP contribution in [0.3, 0.4) is 0 Å². The minimum absolute atomic E-state index is 0.0142. The van der Waals surface area contributed by atoms with Crippen LogP contribution in [0.5, 0.6) is 0 Å². The lowest BCUT2D eigenvalue weighted by molar-refractivity contribution is 0.0834. The summed E-state index contributed by atoms with van der Waals surface area (Å²) in [7, 11) is 0. The predicted octanol–water partition coefficient (Wildman–Crippen LogP) is 0.583. The van der Waals surface area contributed by atoms with Crippen molar-refractivity contribution >= 4 is 21.8 Å². The normalized spacial score (nSPS) is 10.1. The molecule has 0 aliphatic carbocycles. The Balaban J connectivity index is 2.33. The van der Waals surface area contributed by atoms with Gasteiger partial charge in [-0.3, -0.25) is 4.79 Å². The van der Waals surface area contributed by atoms with Gasteiger partial charge in [-0.2, -0.15) is 0 Å². The van der Waals surface area contributed by atoms with E-state index >= 15 is 0 Å². The molecule has 0 aliphatic rings. The average molecular weight is 289 g/mol. The Labute approximate surface area is 102 Å². The Morgan fingerprint density at radius 2 is 2.38 bits per heavy atom. The summed E-state index contributed by atoms with van der Waals surface area (Å²) in [6.45, 7) is 1.03. The number of ether oxygens (including phenoxy) is 1. The van der Waals surface area contributed by atoms with Crippen molar-refractivity contribution in [3.63, 3.8) is 0 Å². The summed E-state index contributed by atoms with van der Waals surface area (Å²) in [5.74, 6) is -0.250. The molecule has 5 nitrogen and oxygen atoms in total. The Bertz CT molecular complexity index is 347. The zero-order valence-corrected chi connectivity index (χ0v) is 10.2. The summed E-state index contributed by atoms with van der Waals surface area (Å²) in [4.78, 5) is 15.5. The molecule has 0 fully saturated rings. The minimum Gasteiger partial charge on any atom is -0.394 e. The van der Waals surface area contributed by atoms with E-state index in [2.05, 4.69) is 26.2 Å². The fourth-order valence-electron chi connectivity index (χ4n) is 1.04. The van der Waals surface area contributed by atoms with Gasteiger partial charge in [0.05, 0.1) is 19.8 Å². The molecule has 1 aromatic heterocycles. The Kier molecular flexibility index (Phi) is 5.99. The maximum absolute atomic E-state index is 11.6. The average Bonchev–Trinajstić information content (AvgIpc) is 2.29. The third-order valence-corrected chi connectivity index (χ3v) is 2.38. The summed E-state index contributed by atoms with van der Waals surface area (Å²) < 4.78 is 5.66. The summed E-state index contributed by atoms with van der Waals surface area (Å²) in [5.41, 5.74) is 0.352. The molecule has 0 radical (unpaired) electrons. The molecular formula is C10H13BrN2O3. The van der Waals surface area contributed by atoms with Gasteiger partial charge in [0.2, 0.25) is 0 Å². The van der Waals surface area contributed by atoms with E-state index < -0.39 is 0 Å². The number of rotatable bonds is 6. The molecule has 0 atom stereocenters. The molecule has 1 aromatic rings. The number of hydrogen-bond donors (Lipinski definition) is 2. The van der Waals surface area contributed by atoms with Gasteiger partial charge in [0.1, 0.15) is 5.69 Å². The van der Waals surface area contributed by atoms with E-state index in [0.29, 0.717) is 23.3 Å². The van der Waals surface area contributed by atoms with Gasteiger partial charge in [-0.15, -0.1) is 0 Å². The second-order valence-electron chi connectivity index (χ2n) is 2.93. The highest BCUT2D eigenvalue weighted by Gasteiger charge is 2.09. The van der Waals surface area contributed by atoms with Crippen molar-refractivity contribution in [3.8, 4) is 0 Å². The number of aliphatic hydroxyl groups excluding tert-OH is 1. The van der Waals surface area contributed by atoms with E-state index in [4.69, 9.17) is 9.84 Å². The highest BCUT2D eigenvalue weighted by molar-refractivity contribution is 9.10. The van der Waals surface area contributed by atoms with Gasteiger partial charge in [0.15, 0.2) is 0 Å². The number of halogens is 1. The quantitative estimate of drug-likeness (QED) is 0.752. The van der Waals surface area contributed by atoms with Crippen LogP contribution in [0.25, 0.3) is 0 Å². The lowest BCUT2D eigenvalue weighted by atomic mass is 10.3. The van der Waals surface area contributed by atoms with Crippen molar-refractivity contribution < 1.29 is 14.6 Å². The van der Waals surface area contributed by atoms with E-state index in [0.717, 1.165) is 0 Å². The van der Waals surface area contributed by atoms with Gasteiger partial charge in [-0.05, 0) is 28.1 Å². The number of carbonyl (C=O) groups is 1. The molecule has 1 heterocycles. The number of amides is 1. The molecule has 6 heteroatoms. The number of aromatic nitrogens is 1. The first-order chi connectivity index (χ1) is 7.75. The largest absolute Gasteiger partial charge is 0.394 e. The van der Waals surface area contributed by atoms with Crippen LogP contribution in [0.15, 0.2) is 22.8 Å². The third-order valence-electron chi connectivity index (χ3n) is 1.74. The standard InChI is InChI=1S/C10H13BrN2O3/c11-8-2-1-3-12-9(8)10(15)13-4-6-16-7-5-14/h1-3,14H,4-7H2,(H,13,15). The molecule has 0 aliphatic heterocycles. The molecule has 0 unspecified atom stereocenters. The van der Waals surface area contributed by atoms with Crippen LogP contribution in [-0.2, 0) is 4.74 Å². The molecule has 0 saturated heterocycles. The second-order valence-corrected chi connectivity index (χ2v) is 3.78. The van der Waals surface area contributed by atoms with Crippen LogP contribution < -0.4 is 5.32 Å². The number of aliphatic hydroxyl groups is 1. The van der Waals surface area contributed by atoms with Crippen molar-refractivity contribution in [1.82, 2.24) is 10.3 Å². The molecule has 0 spiro atoms. The minimum atomic E-state index is -0.250. The summed E-state index contributed by atoms with van der Waals surface area (Å²) in [6.07, 6.45) is 1.56. The Morgan fingerprint density at radius 1 is 1.56 bits per heavy atom. The van der Waals surface area contributed by atoms with E-state index in [1.54, 1.807) is 18.3 Å². The molecule has 0 saturated carbocycles. The summed E-state index contributed by atoms with van der Waals surface area (Å²) >= 11 is 3.24. The highest BCUT2D eigenvalue weighted by Crippen LogP contribution is 2.12. The van der Waals surface area contributed by atoms with Gasteiger partial charge in [-0.25, -0.2) is 4.98 Å². The van der Waals surface area contributed by atoms with E-state index in [1.807, 2.05) is 0 Å². The van der Waals surface area contributed by atoms with E-state index in [1.165, 1.54) is 0 Å². The van der Waals surface area contributed by atoms with E-state index in [9.17, 15) is 4.79 Å². The van der Waals surface area contributed by atoms with Crippen molar-refractivity contribution in [3.05, 3.63) is 28.5 Å². The number of carbonyl (C=O) groups excluding carboxylic acids is 1. The summed E-state index contributed by atoms with van der Waals surface area (Å²) in [5, 5.41) is 11.1. The lowest BCUT2D eigenvalue weighted by Crippen LogP contribution is -2.28. The zero-order chi connectivity index (χ0) is 11.8. The van der Waals surface area contributed by atoms with E-state index in [-0.39, 0.29) is 19.1 Å². The lowest BCUT2D eigenvalue weighted by Gasteiger charge is -2.06. The topological polar surface area (TPSA) is 71.5 Å². The molecule has 0 aromatic carbocycles. The van der Waals surface area contributed by atoms with Gasteiger partial charge in [0, 0.05) is 17.2 Å². The van der Waals surface area contributed by atoms with Crippen LogP contribution in [0, 0.1) is 0 Å². The van der Waals surface area contributed by atoms with Gasteiger partial charge in [0.25, 0.3) is 5.91 Å². The Hall–Kier alpha value is -0.980. The van der Waals surface area contributed by atoms with Crippen molar-refractivity contribution in [2.75, 3.05) is 26.4 Å². The first kappa shape index (κ1) is 13.1. The molecule has 1 amide bonds. The molecule has 16 heavy (non-hydrogen) atoms. The van der Waals surface area contributed by atoms with Gasteiger partial charge in [-0.1, -0.05) is 0 Å². The zero-order valence-electron chi connectivity index (χ0n) is 8.65. The van der Waals surface area contributed by atoms with Crippen molar-refractivity contribution in [1.29, 1.82) is 0 Å². The second kappa shape index (κ2) is 7.32. The SMILES string of the molecule is O=C(NCCOCCO)c1ncccc1Br. The monoisotopic (exact) mass is 288 g/mol. The Morgan fingerprint density at radius 3 is 3.06 bits per heavy atom. The molecule has 1 rings (SSSR count). The number of hydrogen-bond acceptors (Lipinski definition) is 4. The number of nitrogens with zero attached hydrogens (tertiary/aromatic N) is 1. The molecule has 88 valence electrons. The molecule has 0 bridgehead atoms. The number of pyridine rings is 1. The fraction of sp³-hybridized carbons (Fsp3) is 0.400. The molecule has 2 N–H and O–H groups in total. The molecular weight excluding hydrogens is 276 g/mol. The highest BCUT2D eigenvalue weighted by atomic mass is 79.9. The van der Waals surface area contributed by atoms with Crippen molar-refractivity contribution in [2.45, 2.75) is 0 Å². The van der Waals surface area contributed by atoms with Crippen LogP contribution in [-0.4, -0.2) is 42.4 Å². The maximum atomic E-state index is 11.6. The van der Waals surface area contributed by atoms with Gasteiger partial charge < -0.3 is 15.2 Å². The van der Waals surface area contributed by atoms with Crippen molar-refractivity contribution in [2.24, 2.45) is 0 Å². The van der Waals surface area contributed by atoms with Crippen LogP contribution in [0.4, 0.5) is 0 Å². The first-order valence-electron chi connectivity index (χ1n) is 4.83. The van der Waals surface area contributed by atoms with Crippen LogP contribution in [0.1, 0.15) is 10.5 Å². The smallest absolute Gasteiger partial charge is 0.271 e. The predicted molar refractivity (Wildman–Crippen MR) is 62.2 cm³/mol.